The highest BCUT2D eigenvalue weighted by atomic mass is 16.4. The molecule has 0 aliphatic heterocycles. The third kappa shape index (κ3) is 15.4. The number of likely N-dealkylation sites (N-methyl/N-ethyl adjacent to an activating group) is 1. The molecule has 0 fully saturated rings. The molecule has 2 N–H and O–H groups in total. The SMILES string of the molecule is CCCC(CCC)C(=O)O.C[N+](C)(C)CCO. The van der Waals surface area contributed by atoms with Crippen LogP contribution in [-0.4, -0.2) is 55.0 Å². The lowest BCUT2D eigenvalue weighted by molar-refractivity contribution is -0.870. The Morgan fingerprint density at radius 1 is 1.12 bits per heavy atom. The minimum atomic E-state index is -0.635. The van der Waals surface area contributed by atoms with Gasteiger partial charge in [-0.25, -0.2) is 0 Å². The molecular weight excluding hydrogens is 218 g/mol. The van der Waals surface area contributed by atoms with Crippen LogP contribution in [0.1, 0.15) is 39.5 Å². The van der Waals surface area contributed by atoms with E-state index < -0.39 is 5.97 Å². The number of hydrogen-bond acceptors (Lipinski definition) is 2. The van der Waals surface area contributed by atoms with Gasteiger partial charge in [0, 0.05) is 0 Å². The second kappa shape index (κ2) is 10.5. The molecule has 0 amide bonds. The predicted octanol–water partition coefficient (Wildman–Crippen LogP) is 1.97. The van der Waals surface area contributed by atoms with Gasteiger partial charge in [-0.15, -0.1) is 0 Å². The summed E-state index contributed by atoms with van der Waals surface area (Å²) in [4.78, 5) is 10.5. The monoisotopic (exact) mass is 248 g/mol. The van der Waals surface area contributed by atoms with E-state index in [1.807, 2.05) is 13.8 Å². The molecule has 4 heteroatoms. The number of aliphatic hydroxyl groups excluding tert-OH is 1. The molecule has 0 atom stereocenters. The number of carbonyl (C=O) groups is 1. The number of nitrogens with zero attached hydrogens (tertiary/aromatic N) is 1. The van der Waals surface area contributed by atoms with Crippen molar-refractivity contribution in [2.24, 2.45) is 5.92 Å². The van der Waals surface area contributed by atoms with E-state index in [9.17, 15) is 4.79 Å². The summed E-state index contributed by atoms with van der Waals surface area (Å²) in [5.41, 5.74) is 0. The van der Waals surface area contributed by atoms with Gasteiger partial charge in [0.2, 0.25) is 0 Å². The van der Waals surface area contributed by atoms with Crippen molar-refractivity contribution in [1.29, 1.82) is 0 Å². The number of aliphatic carboxylic acids is 1. The fourth-order valence-corrected chi connectivity index (χ4v) is 1.39. The molecule has 0 aromatic carbocycles. The van der Waals surface area contributed by atoms with Gasteiger partial charge in [-0.1, -0.05) is 26.7 Å². The van der Waals surface area contributed by atoms with E-state index in [0.29, 0.717) is 0 Å². The molecule has 0 rings (SSSR count). The van der Waals surface area contributed by atoms with Crippen molar-refractivity contribution in [3.05, 3.63) is 0 Å². The fraction of sp³-hybridized carbons (Fsp3) is 0.923. The molecule has 0 spiro atoms. The Kier molecular flexibility index (Phi) is 11.6. The molecule has 0 heterocycles. The van der Waals surface area contributed by atoms with Gasteiger partial charge in [0.1, 0.15) is 6.54 Å². The van der Waals surface area contributed by atoms with Crippen molar-refractivity contribution < 1.29 is 19.5 Å². The first-order valence-corrected chi connectivity index (χ1v) is 6.42. The Balaban J connectivity index is 0. The standard InChI is InChI=1S/C8H16O2.C5H14NO/c1-3-5-7(6-4-2)8(9)10;1-6(2,3)4-5-7/h7H,3-6H2,1-2H3,(H,9,10);7H,4-5H2,1-3H3/q;+1. The van der Waals surface area contributed by atoms with E-state index in [0.717, 1.165) is 36.7 Å². The van der Waals surface area contributed by atoms with Crippen molar-refractivity contribution in [3.8, 4) is 0 Å². The minimum Gasteiger partial charge on any atom is -0.481 e. The molecule has 17 heavy (non-hydrogen) atoms. The van der Waals surface area contributed by atoms with E-state index in [2.05, 4.69) is 21.1 Å². The smallest absolute Gasteiger partial charge is 0.306 e. The quantitative estimate of drug-likeness (QED) is 0.677. The third-order valence-electron chi connectivity index (χ3n) is 2.39. The zero-order valence-corrected chi connectivity index (χ0v) is 12.1. The number of hydrogen-bond donors (Lipinski definition) is 2. The van der Waals surface area contributed by atoms with Gasteiger partial charge in [0.15, 0.2) is 0 Å². The number of aliphatic hydroxyl groups is 1. The molecule has 0 aromatic rings. The van der Waals surface area contributed by atoms with Gasteiger partial charge in [0.05, 0.1) is 33.7 Å². The van der Waals surface area contributed by atoms with E-state index >= 15 is 0 Å². The van der Waals surface area contributed by atoms with Gasteiger partial charge in [-0.05, 0) is 12.8 Å². The summed E-state index contributed by atoms with van der Waals surface area (Å²) < 4.78 is 0.844. The first-order valence-electron chi connectivity index (χ1n) is 6.42. The Morgan fingerprint density at radius 3 is 1.65 bits per heavy atom. The van der Waals surface area contributed by atoms with Gasteiger partial charge >= 0.3 is 5.97 Å². The number of quaternary nitrogens is 1. The Bertz CT molecular complexity index is 182. The van der Waals surface area contributed by atoms with Crippen LogP contribution in [0.3, 0.4) is 0 Å². The normalized spacial score (nSPS) is 11.0. The van der Waals surface area contributed by atoms with Crippen molar-refractivity contribution in [3.63, 3.8) is 0 Å². The van der Waals surface area contributed by atoms with E-state index in [4.69, 9.17) is 10.2 Å². The predicted molar refractivity (Wildman–Crippen MR) is 70.9 cm³/mol. The fourth-order valence-electron chi connectivity index (χ4n) is 1.39. The first-order chi connectivity index (χ1) is 7.78. The molecule has 104 valence electrons. The maximum Gasteiger partial charge on any atom is 0.306 e. The van der Waals surface area contributed by atoms with Crippen LogP contribution in [0, 0.1) is 5.92 Å². The Hall–Kier alpha value is -0.610. The van der Waals surface area contributed by atoms with Crippen molar-refractivity contribution >= 4 is 5.97 Å². The van der Waals surface area contributed by atoms with E-state index in [1.54, 1.807) is 0 Å². The van der Waals surface area contributed by atoms with Crippen molar-refractivity contribution in [1.82, 2.24) is 0 Å². The number of carboxylic acids is 1. The highest BCUT2D eigenvalue weighted by Crippen LogP contribution is 2.12. The molecular formula is C13H30NO3+. The van der Waals surface area contributed by atoms with Gasteiger partial charge in [-0.2, -0.15) is 0 Å². The van der Waals surface area contributed by atoms with Crippen LogP contribution in [0.25, 0.3) is 0 Å². The lowest BCUT2D eigenvalue weighted by atomic mass is 9.99. The molecule has 0 aliphatic rings. The summed E-state index contributed by atoms with van der Waals surface area (Å²) in [5.74, 6) is -0.737. The second-order valence-corrected chi connectivity index (χ2v) is 5.35. The molecule has 4 nitrogen and oxygen atoms in total. The minimum absolute atomic E-state index is 0.102. The molecule has 0 aromatic heterocycles. The Morgan fingerprint density at radius 2 is 1.53 bits per heavy atom. The third-order valence-corrected chi connectivity index (χ3v) is 2.39. The maximum atomic E-state index is 10.5. The van der Waals surface area contributed by atoms with E-state index in [-0.39, 0.29) is 12.5 Å². The van der Waals surface area contributed by atoms with Crippen LogP contribution >= 0.6 is 0 Å². The van der Waals surface area contributed by atoms with Gasteiger partial charge < -0.3 is 14.7 Å². The zero-order chi connectivity index (χ0) is 13.9. The van der Waals surface area contributed by atoms with Crippen LogP contribution in [0.15, 0.2) is 0 Å². The number of rotatable bonds is 7. The summed E-state index contributed by atoms with van der Waals surface area (Å²) in [5, 5.41) is 17.0. The van der Waals surface area contributed by atoms with Crippen LogP contribution in [0.2, 0.25) is 0 Å². The summed E-state index contributed by atoms with van der Waals surface area (Å²) >= 11 is 0. The highest BCUT2D eigenvalue weighted by Gasteiger charge is 2.13. The average Bonchev–Trinajstić information content (AvgIpc) is 2.16. The van der Waals surface area contributed by atoms with Crippen LogP contribution in [0.4, 0.5) is 0 Å². The second-order valence-electron chi connectivity index (χ2n) is 5.35. The average molecular weight is 248 g/mol. The summed E-state index contributed by atoms with van der Waals surface area (Å²) in [6.45, 7) is 5.15. The molecule has 0 saturated heterocycles. The lowest BCUT2D eigenvalue weighted by Crippen LogP contribution is -2.36. The van der Waals surface area contributed by atoms with Crippen LogP contribution in [-0.2, 0) is 4.79 Å². The topological polar surface area (TPSA) is 57.5 Å². The maximum absolute atomic E-state index is 10.5. The first kappa shape index (κ1) is 18.7. The number of carboxylic acid groups (broad SMARTS) is 1. The van der Waals surface area contributed by atoms with Crippen molar-refractivity contribution in [2.75, 3.05) is 34.3 Å². The molecule has 0 bridgehead atoms. The highest BCUT2D eigenvalue weighted by molar-refractivity contribution is 5.69. The zero-order valence-electron chi connectivity index (χ0n) is 12.1. The summed E-state index contributed by atoms with van der Waals surface area (Å²) in [6.07, 6.45) is 3.58. The van der Waals surface area contributed by atoms with Crippen LogP contribution in [0.5, 0.6) is 0 Å². The van der Waals surface area contributed by atoms with Gasteiger partial charge in [0.25, 0.3) is 0 Å². The molecule has 0 radical (unpaired) electrons. The molecule has 0 unspecified atom stereocenters. The summed E-state index contributed by atoms with van der Waals surface area (Å²) in [7, 11) is 6.16. The van der Waals surface area contributed by atoms with E-state index in [1.165, 1.54) is 0 Å². The van der Waals surface area contributed by atoms with Crippen LogP contribution < -0.4 is 0 Å². The Labute approximate surface area is 106 Å². The largest absolute Gasteiger partial charge is 0.481 e. The molecule has 0 saturated carbocycles. The summed E-state index contributed by atoms with van der Waals surface area (Å²) in [6, 6.07) is 0. The lowest BCUT2D eigenvalue weighted by Gasteiger charge is -2.21. The molecule has 0 aliphatic carbocycles. The van der Waals surface area contributed by atoms with Gasteiger partial charge in [-0.3, -0.25) is 4.79 Å². The van der Waals surface area contributed by atoms with Crippen molar-refractivity contribution in [2.45, 2.75) is 39.5 Å².